The third kappa shape index (κ3) is 9.74. The molecule has 0 aliphatic carbocycles. The molecule has 1 unspecified atom stereocenters. The summed E-state index contributed by atoms with van der Waals surface area (Å²) in [5.74, 6) is 1.36. The molecule has 158 valence electrons. The number of rotatable bonds is 12. The Kier molecular flexibility index (Phi) is 12.0. The molecule has 1 rings (SSSR count). The van der Waals surface area contributed by atoms with Crippen molar-refractivity contribution in [1.29, 1.82) is 0 Å². The molecule has 1 atom stereocenters. The highest BCUT2D eigenvalue weighted by atomic mass is 16.5. The van der Waals surface area contributed by atoms with E-state index in [2.05, 4.69) is 41.7 Å². The molecule has 0 saturated heterocycles. The minimum atomic E-state index is 0.0543. The predicted molar refractivity (Wildman–Crippen MR) is 118 cm³/mol. The summed E-state index contributed by atoms with van der Waals surface area (Å²) < 4.78 is 5.80. The number of amides is 1. The Morgan fingerprint density at radius 2 is 1.82 bits per heavy atom. The molecule has 0 aliphatic rings. The van der Waals surface area contributed by atoms with Crippen molar-refractivity contribution in [3.05, 3.63) is 29.8 Å². The molecule has 0 fully saturated rings. The van der Waals surface area contributed by atoms with Gasteiger partial charge in [0.1, 0.15) is 0 Å². The summed E-state index contributed by atoms with van der Waals surface area (Å²) in [6, 6.07) is 7.85. The second kappa shape index (κ2) is 14.0. The predicted octanol–water partition coefficient (Wildman–Crippen LogP) is 3.93. The lowest BCUT2D eigenvalue weighted by Crippen LogP contribution is -2.39. The number of aliphatic imine (C=N–C) groups is 1. The van der Waals surface area contributed by atoms with Gasteiger partial charge in [0, 0.05) is 31.8 Å². The maximum Gasteiger partial charge on any atom is 0.224 e. The van der Waals surface area contributed by atoms with Gasteiger partial charge in [0.2, 0.25) is 5.91 Å². The quantitative estimate of drug-likeness (QED) is 0.373. The number of guanidine groups is 1. The Morgan fingerprint density at radius 3 is 2.39 bits per heavy atom. The first-order valence-corrected chi connectivity index (χ1v) is 10.5. The molecular formula is C22H38N4O2. The van der Waals surface area contributed by atoms with Gasteiger partial charge < -0.3 is 20.7 Å². The van der Waals surface area contributed by atoms with Crippen LogP contribution in [0.5, 0.6) is 0 Å². The van der Waals surface area contributed by atoms with Crippen molar-refractivity contribution >= 4 is 17.6 Å². The van der Waals surface area contributed by atoms with Crippen molar-refractivity contribution in [2.24, 2.45) is 10.9 Å². The van der Waals surface area contributed by atoms with Gasteiger partial charge in [-0.1, -0.05) is 32.9 Å². The average molecular weight is 391 g/mol. The first-order chi connectivity index (χ1) is 13.5. The molecule has 0 aromatic heterocycles. The summed E-state index contributed by atoms with van der Waals surface area (Å²) in [5, 5.41) is 9.57. The average Bonchev–Trinajstić information content (AvgIpc) is 2.66. The van der Waals surface area contributed by atoms with Crippen molar-refractivity contribution in [3.8, 4) is 0 Å². The number of nitrogens with zero attached hydrogens (tertiary/aromatic N) is 1. The summed E-state index contributed by atoms with van der Waals surface area (Å²) in [6.45, 7) is 13.4. The van der Waals surface area contributed by atoms with E-state index in [0.29, 0.717) is 18.9 Å². The third-order valence-electron chi connectivity index (χ3n) is 4.32. The second-order valence-corrected chi connectivity index (χ2v) is 7.14. The lowest BCUT2D eigenvalue weighted by molar-refractivity contribution is -0.116. The molecule has 0 bridgehead atoms. The van der Waals surface area contributed by atoms with Crippen LogP contribution in [0.25, 0.3) is 0 Å². The van der Waals surface area contributed by atoms with Crippen molar-refractivity contribution in [3.63, 3.8) is 0 Å². The van der Waals surface area contributed by atoms with Gasteiger partial charge in [0.15, 0.2) is 5.96 Å². The summed E-state index contributed by atoms with van der Waals surface area (Å²) in [4.78, 5) is 16.3. The number of carbonyl (C=O) groups excluding carboxylic acids is 1. The molecule has 0 heterocycles. The van der Waals surface area contributed by atoms with Crippen molar-refractivity contribution < 1.29 is 9.53 Å². The molecule has 0 saturated carbocycles. The van der Waals surface area contributed by atoms with Crippen molar-refractivity contribution in [2.45, 2.75) is 66.5 Å². The maximum atomic E-state index is 11.7. The Morgan fingerprint density at radius 1 is 1.11 bits per heavy atom. The van der Waals surface area contributed by atoms with Crippen LogP contribution in [0.2, 0.25) is 0 Å². The highest BCUT2D eigenvalue weighted by Gasteiger charge is 2.13. The van der Waals surface area contributed by atoms with Gasteiger partial charge in [0.05, 0.1) is 12.6 Å². The van der Waals surface area contributed by atoms with Crippen LogP contribution in [0.3, 0.4) is 0 Å². The molecule has 28 heavy (non-hydrogen) atoms. The van der Waals surface area contributed by atoms with Crippen molar-refractivity contribution in [1.82, 2.24) is 10.6 Å². The van der Waals surface area contributed by atoms with Crippen LogP contribution in [0.1, 0.15) is 59.4 Å². The first kappa shape index (κ1) is 24.0. The Balaban J connectivity index is 2.55. The number of hydrogen-bond donors (Lipinski definition) is 3. The minimum absolute atomic E-state index is 0.0543. The van der Waals surface area contributed by atoms with E-state index >= 15 is 0 Å². The van der Waals surface area contributed by atoms with E-state index in [0.717, 1.165) is 49.7 Å². The van der Waals surface area contributed by atoms with Gasteiger partial charge in [-0.3, -0.25) is 4.79 Å². The topological polar surface area (TPSA) is 74.8 Å². The van der Waals surface area contributed by atoms with Crippen LogP contribution in [0.4, 0.5) is 5.69 Å². The smallest absolute Gasteiger partial charge is 0.224 e. The SMILES string of the molecule is CCCC(=O)Nc1ccc(CN=C(NCC)NCCC(OCC)C(C)C)cc1. The van der Waals surface area contributed by atoms with E-state index in [4.69, 9.17) is 4.74 Å². The molecule has 0 radical (unpaired) electrons. The van der Waals surface area contributed by atoms with Gasteiger partial charge in [-0.05, 0) is 50.3 Å². The molecular weight excluding hydrogens is 352 g/mol. The standard InChI is InChI=1S/C22H38N4O2/c1-6-9-21(27)26-19-12-10-18(11-13-19)16-25-22(23-7-2)24-15-14-20(17(4)5)28-8-3/h10-13,17,20H,6-9,14-16H2,1-5H3,(H,26,27)(H2,23,24,25). The summed E-state index contributed by atoms with van der Waals surface area (Å²) in [5.41, 5.74) is 1.92. The molecule has 1 aromatic carbocycles. The largest absolute Gasteiger partial charge is 0.378 e. The summed E-state index contributed by atoms with van der Waals surface area (Å²) >= 11 is 0. The first-order valence-electron chi connectivity index (χ1n) is 10.5. The number of ether oxygens (including phenoxy) is 1. The Bertz CT molecular complexity index is 585. The van der Waals surface area contributed by atoms with Gasteiger partial charge in [-0.2, -0.15) is 0 Å². The molecule has 6 nitrogen and oxygen atoms in total. The van der Waals surface area contributed by atoms with Crippen LogP contribution < -0.4 is 16.0 Å². The van der Waals surface area contributed by atoms with Gasteiger partial charge >= 0.3 is 0 Å². The second-order valence-electron chi connectivity index (χ2n) is 7.14. The van der Waals surface area contributed by atoms with E-state index < -0.39 is 0 Å². The highest BCUT2D eigenvalue weighted by molar-refractivity contribution is 5.90. The zero-order chi connectivity index (χ0) is 20.8. The molecule has 1 aromatic rings. The molecule has 6 heteroatoms. The van der Waals surface area contributed by atoms with Crippen LogP contribution in [-0.4, -0.2) is 37.7 Å². The van der Waals surface area contributed by atoms with Gasteiger partial charge in [-0.25, -0.2) is 4.99 Å². The van der Waals surface area contributed by atoms with Crippen LogP contribution >= 0.6 is 0 Å². The zero-order valence-corrected chi connectivity index (χ0v) is 18.2. The Labute approximate surface area is 170 Å². The number of anilines is 1. The van der Waals surface area contributed by atoms with Crippen molar-refractivity contribution in [2.75, 3.05) is 25.0 Å². The fourth-order valence-corrected chi connectivity index (χ4v) is 2.81. The van der Waals surface area contributed by atoms with E-state index in [1.165, 1.54) is 0 Å². The van der Waals surface area contributed by atoms with E-state index in [1.54, 1.807) is 0 Å². The highest BCUT2D eigenvalue weighted by Crippen LogP contribution is 2.12. The fourth-order valence-electron chi connectivity index (χ4n) is 2.81. The number of carbonyl (C=O) groups is 1. The summed E-state index contributed by atoms with van der Waals surface area (Å²) in [7, 11) is 0. The number of hydrogen-bond acceptors (Lipinski definition) is 3. The third-order valence-corrected chi connectivity index (χ3v) is 4.32. The van der Waals surface area contributed by atoms with E-state index in [9.17, 15) is 4.79 Å². The minimum Gasteiger partial charge on any atom is -0.378 e. The molecule has 0 spiro atoms. The molecule has 3 N–H and O–H groups in total. The lowest BCUT2D eigenvalue weighted by atomic mass is 10.0. The monoisotopic (exact) mass is 390 g/mol. The number of benzene rings is 1. The zero-order valence-electron chi connectivity index (χ0n) is 18.2. The maximum absolute atomic E-state index is 11.7. The number of nitrogens with one attached hydrogen (secondary N) is 3. The van der Waals surface area contributed by atoms with Crippen LogP contribution in [0.15, 0.2) is 29.3 Å². The van der Waals surface area contributed by atoms with Gasteiger partial charge in [-0.15, -0.1) is 0 Å². The fraction of sp³-hybridized carbons (Fsp3) is 0.636. The molecule has 1 amide bonds. The normalized spacial score (nSPS) is 12.7. The van der Waals surface area contributed by atoms with Gasteiger partial charge in [0.25, 0.3) is 0 Å². The lowest BCUT2D eigenvalue weighted by Gasteiger charge is -2.21. The summed E-state index contributed by atoms with van der Waals surface area (Å²) in [6.07, 6.45) is 2.60. The molecule has 0 aliphatic heterocycles. The van der Waals surface area contributed by atoms with Crippen LogP contribution in [-0.2, 0) is 16.1 Å². The van der Waals surface area contributed by atoms with Crippen LogP contribution in [0, 0.1) is 5.92 Å². The van der Waals surface area contributed by atoms with E-state index in [1.807, 2.05) is 38.1 Å². The Hall–Kier alpha value is -2.08. The van der Waals surface area contributed by atoms with E-state index in [-0.39, 0.29) is 12.0 Å².